The van der Waals surface area contributed by atoms with Crippen LogP contribution in [0.25, 0.3) is 0 Å². The molecular weight excluding hydrogens is 1310 g/mol. The van der Waals surface area contributed by atoms with E-state index < -0.39 is 17.7 Å². The third-order valence-corrected chi connectivity index (χ3v) is 25.3. The van der Waals surface area contributed by atoms with E-state index in [2.05, 4.69) is 69.6 Å². The maximum atomic E-state index is 16.0. The van der Waals surface area contributed by atoms with Crippen LogP contribution in [-0.2, 0) is 14.3 Å². The monoisotopic (exact) mass is 1420 g/mol. The normalized spacial score (nSPS) is 27.3. The zero-order valence-corrected chi connectivity index (χ0v) is 61.5. The molecule has 14 rings (SSSR count). The lowest BCUT2D eigenvalue weighted by Gasteiger charge is -2.71. The first-order valence-corrected chi connectivity index (χ1v) is 38.3. The second-order valence-corrected chi connectivity index (χ2v) is 31.7. The molecule has 6 unspecified atom stereocenters. The third kappa shape index (κ3) is 15.3. The van der Waals surface area contributed by atoms with E-state index in [-0.39, 0.29) is 75.7 Å². The Morgan fingerprint density at radius 3 is 1.95 bits per heavy atom. The van der Waals surface area contributed by atoms with Crippen molar-refractivity contribution in [2.24, 2.45) is 34.5 Å². The van der Waals surface area contributed by atoms with Gasteiger partial charge in [-0.2, -0.15) is 0 Å². The van der Waals surface area contributed by atoms with E-state index in [0.717, 1.165) is 183 Å². The summed E-state index contributed by atoms with van der Waals surface area (Å²) in [6.45, 7) is 37.4. The Hall–Kier alpha value is -7.26. The second-order valence-electron chi connectivity index (χ2n) is 31.7. The van der Waals surface area contributed by atoms with Crippen molar-refractivity contribution in [3.05, 3.63) is 109 Å². The molecule has 25 heteroatoms. The first-order valence-electron chi connectivity index (χ1n) is 38.3. The summed E-state index contributed by atoms with van der Waals surface area (Å²) in [5.74, 6) is 2.06. The van der Waals surface area contributed by atoms with Gasteiger partial charge in [0.25, 0.3) is 11.8 Å². The van der Waals surface area contributed by atoms with Gasteiger partial charge in [-0.25, -0.2) is 28.7 Å². The Labute approximate surface area is 607 Å². The summed E-state index contributed by atoms with van der Waals surface area (Å²) >= 11 is 0. The molecule has 0 aliphatic carbocycles. The highest BCUT2D eigenvalue weighted by Crippen LogP contribution is 2.59. The molecular formula is C78H108F2N16O7. The number of fused-ring (bicyclic) bond motifs is 1. The zero-order valence-electron chi connectivity index (χ0n) is 61.5. The van der Waals surface area contributed by atoms with E-state index in [1.807, 2.05) is 35.5 Å². The molecule has 10 aliphatic rings. The number of ether oxygens (including phenoxy) is 3. The molecule has 556 valence electrons. The van der Waals surface area contributed by atoms with Crippen LogP contribution in [0.15, 0.2) is 86.3 Å². The van der Waals surface area contributed by atoms with Crippen LogP contribution < -0.4 is 19.3 Å². The smallest absolute Gasteiger partial charge is 0.258 e. The number of anilines is 2. The number of amides is 4. The highest BCUT2D eigenvalue weighted by Gasteiger charge is 2.67. The van der Waals surface area contributed by atoms with Crippen LogP contribution in [0.4, 0.5) is 20.4 Å². The van der Waals surface area contributed by atoms with Crippen LogP contribution in [0.3, 0.4) is 0 Å². The van der Waals surface area contributed by atoms with Crippen LogP contribution >= 0.6 is 0 Å². The Balaban J connectivity index is 0.640. The molecule has 23 nitrogen and oxygen atoms in total. The summed E-state index contributed by atoms with van der Waals surface area (Å²) in [6, 6.07) is 7.39. The lowest BCUT2D eigenvalue weighted by Crippen LogP contribution is -2.82. The van der Waals surface area contributed by atoms with Gasteiger partial charge in [-0.15, -0.1) is 0 Å². The van der Waals surface area contributed by atoms with Gasteiger partial charge in [0.15, 0.2) is 23.1 Å². The van der Waals surface area contributed by atoms with E-state index >= 15 is 13.6 Å². The third-order valence-electron chi connectivity index (χ3n) is 25.3. The van der Waals surface area contributed by atoms with Gasteiger partial charge in [0.05, 0.1) is 42.2 Å². The van der Waals surface area contributed by atoms with Gasteiger partial charge in [-0.3, -0.25) is 29.0 Å². The van der Waals surface area contributed by atoms with Gasteiger partial charge in [-0.1, -0.05) is 12.7 Å². The van der Waals surface area contributed by atoms with E-state index in [9.17, 15) is 14.4 Å². The van der Waals surface area contributed by atoms with Crippen molar-refractivity contribution in [1.29, 1.82) is 0 Å². The van der Waals surface area contributed by atoms with Crippen molar-refractivity contribution in [2.45, 2.75) is 110 Å². The molecule has 10 aliphatic heterocycles. The van der Waals surface area contributed by atoms with Gasteiger partial charge in [-0.05, 0) is 178 Å². The van der Waals surface area contributed by atoms with Gasteiger partial charge < -0.3 is 63.2 Å². The molecule has 4 aromatic rings. The Bertz CT molecular complexity index is 3710. The van der Waals surface area contributed by atoms with Gasteiger partial charge in [0.1, 0.15) is 35.8 Å². The average Bonchev–Trinajstić information content (AvgIpc) is 1.23. The second kappa shape index (κ2) is 31.4. The van der Waals surface area contributed by atoms with Crippen molar-refractivity contribution in [2.75, 3.05) is 187 Å². The van der Waals surface area contributed by atoms with Gasteiger partial charge >= 0.3 is 0 Å². The Morgan fingerprint density at radius 2 is 1.27 bits per heavy atom. The fourth-order valence-corrected chi connectivity index (χ4v) is 19.8. The van der Waals surface area contributed by atoms with Gasteiger partial charge in [0, 0.05) is 174 Å². The zero-order chi connectivity index (χ0) is 71.7. The largest absolute Gasteiger partial charge is 0.451 e. The number of carbonyl (C=O) groups excluding carboxylic acids is 4. The topological polar surface area (TPSA) is 186 Å². The molecule has 0 radical (unpaired) electrons. The molecule has 2 spiro atoms. The SMILES string of the molecule is C=CC(=O)N1CCC2CN(CCN3CCC(CN4CCC56CN(c7ncncc7Oc7ccc(F)cc7C(=O)N(CC)C(C)C)C5C(C)N(C(=O)c5cc(F)ccc5Oc5cncnc5N5CC[C@@H](CN7CC8(CCN(CCN9CCN(C(=O)/C=C/COC)CC9)CC8)C7)C5)C(C)C6C4)CC3)C[C@H]21. The number of hydrogen-bond acceptors (Lipinski definition) is 19. The number of methoxy groups -OCH3 is 1. The van der Waals surface area contributed by atoms with Crippen molar-refractivity contribution in [3.8, 4) is 23.0 Å². The minimum absolute atomic E-state index is 0.0120. The molecule has 0 bridgehead atoms. The summed E-state index contributed by atoms with van der Waals surface area (Å²) < 4.78 is 49.8. The fraction of sp³-hybridized carbons (Fsp3) is 0.641. The summed E-state index contributed by atoms with van der Waals surface area (Å²) in [4.78, 5) is 102. The van der Waals surface area contributed by atoms with E-state index in [1.165, 1.54) is 61.9 Å². The molecule has 2 aromatic carbocycles. The molecule has 12 heterocycles. The van der Waals surface area contributed by atoms with Crippen LogP contribution in [0, 0.1) is 46.1 Å². The molecule has 0 N–H and O–H groups in total. The summed E-state index contributed by atoms with van der Waals surface area (Å²) in [6.07, 6.45) is 18.7. The van der Waals surface area contributed by atoms with E-state index in [0.29, 0.717) is 72.0 Å². The number of carbonyl (C=O) groups is 4. The molecule has 8 atom stereocenters. The molecule has 2 aromatic heterocycles. The standard InChI is InChI=1S/C78H108F2N16O7/c1-8-70(97)94-26-19-59-46-89(48-65(59)94)33-32-85-23-16-57(17-24-85)43-88-29-22-78-51-95(74-69(42-82-53-84-74)103-66-14-12-60(79)39-62(66)75(99)93(9-2)54(3)4)72(78)56(6)96(55(5)64(78)47-88)76(100)63-40-61(80)13-15-67(63)102-68-41-81-52-83-73(68)92-25-18-58(45-92)44-90-49-77(50-90)20-27-86(28-21-77)30-31-87-34-36-91(37-35-87)71(98)11-10-38-101-7/h8,10-15,39-42,52-59,64-65,72H,1,9,16-38,43-51H2,2-7H3/b11-10+/t55?,56?,58-,59?,64?,65+,72?,78?/m0/s1. The quantitative estimate of drug-likeness (QED) is 0.0630. The Morgan fingerprint density at radius 1 is 0.650 bits per heavy atom. The van der Waals surface area contributed by atoms with Crippen LogP contribution in [0.5, 0.6) is 23.0 Å². The van der Waals surface area contributed by atoms with E-state index in [1.54, 1.807) is 42.6 Å². The predicted molar refractivity (Wildman–Crippen MR) is 390 cm³/mol. The van der Waals surface area contributed by atoms with E-state index in [4.69, 9.17) is 24.2 Å². The first-order chi connectivity index (χ1) is 49.9. The molecule has 103 heavy (non-hydrogen) atoms. The number of benzene rings is 2. The predicted octanol–water partition coefficient (Wildman–Crippen LogP) is 7.43. The molecule has 10 saturated heterocycles. The summed E-state index contributed by atoms with van der Waals surface area (Å²) in [7, 11) is 1.63. The summed E-state index contributed by atoms with van der Waals surface area (Å²) in [5, 5.41) is 0. The first kappa shape index (κ1) is 72.7. The lowest BCUT2D eigenvalue weighted by molar-refractivity contribution is -0.128. The number of piperazine rings is 1. The number of likely N-dealkylation sites (tertiary alicyclic amines) is 7. The number of nitrogens with zero attached hydrogens (tertiary/aromatic N) is 16. The maximum absolute atomic E-state index is 16.0. The molecule has 4 amide bonds. The van der Waals surface area contributed by atoms with Crippen molar-refractivity contribution in [3.63, 3.8) is 0 Å². The number of hydrogen-bond donors (Lipinski definition) is 0. The number of aromatic nitrogens is 4. The highest BCUT2D eigenvalue weighted by molar-refractivity contribution is 5.98. The Kier molecular flexibility index (Phi) is 22.2. The highest BCUT2D eigenvalue weighted by atomic mass is 19.1. The van der Waals surface area contributed by atoms with Crippen molar-refractivity contribution in [1.82, 2.24) is 68.9 Å². The van der Waals surface area contributed by atoms with Crippen molar-refractivity contribution >= 4 is 35.3 Å². The summed E-state index contributed by atoms with van der Waals surface area (Å²) in [5.41, 5.74) is 0.334. The van der Waals surface area contributed by atoms with Crippen molar-refractivity contribution < 1.29 is 42.2 Å². The van der Waals surface area contributed by atoms with Gasteiger partial charge in [0.2, 0.25) is 11.8 Å². The maximum Gasteiger partial charge on any atom is 0.258 e. The molecule has 10 fully saturated rings. The van der Waals surface area contributed by atoms with Crippen LogP contribution in [-0.4, -0.2) is 300 Å². The van der Waals surface area contributed by atoms with Crippen LogP contribution in [0.1, 0.15) is 100 Å². The number of piperidine rings is 4. The minimum atomic E-state index is -0.558. The number of rotatable bonds is 24. The minimum Gasteiger partial charge on any atom is -0.451 e. The lowest BCUT2D eigenvalue weighted by atomic mass is 9.53. The fourth-order valence-electron chi connectivity index (χ4n) is 19.8. The molecule has 0 saturated carbocycles. The number of halogens is 2. The van der Waals surface area contributed by atoms with Crippen LogP contribution in [0.2, 0.25) is 0 Å². The average molecular weight is 1420 g/mol.